The normalized spacial score (nSPS) is 22.4. The summed E-state index contributed by atoms with van der Waals surface area (Å²) in [6, 6.07) is 5.93. The number of carbonyl (C=O) groups excluding carboxylic acids is 1. The van der Waals surface area contributed by atoms with Gasteiger partial charge in [0.2, 0.25) is 5.95 Å². The Morgan fingerprint density at radius 2 is 1.97 bits per heavy atom. The molecule has 0 aromatic carbocycles. The molecule has 0 saturated carbocycles. The fourth-order valence-corrected chi connectivity index (χ4v) is 4.85. The highest BCUT2D eigenvalue weighted by Crippen LogP contribution is 2.40. The Bertz CT molecular complexity index is 980. The van der Waals surface area contributed by atoms with Crippen LogP contribution in [0.1, 0.15) is 26.2 Å². The first-order valence-corrected chi connectivity index (χ1v) is 11.1. The average Bonchev–Trinajstić information content (AvgIpc) is 3.18. The lowest BCUT2D eigenvalue weighted by Gasteiger charge is -2.37. The summed E-state index contributed by atoms with van der Waals surface area (Å²) in [4.78, 5) is 35.5. The summed E-state index contributed by atoms with van der Waals surface area (Å²) in [5.41, 5.74) is 1.03. The van der Waals surface area contributed by atoms with E-state index >= 15 is 0 Å². The van der Waals surface area contributed by atoms with Crippen LogP contribution in [0.25, 0.3) is 0 Å². The van der Waals surface area contributed by atoms with Crippen LogP contribution in [0, 0.1) is 5.92 Å². The molecule has 5 heterocycles. The van der Waals surface area contributed by atoms with E-state index in [1.807, 2.05) is 30.0 Å². The zero-order valence-corrected chi connectivity index (χ0v) is 18.5. The molecule has 2 aromatic heterocycles. The van der Waals surface area contributed by atoms with E-state index in [1.165, 1.54) is 12.8 Å². The predicted octanol–water partition coefficient (Wildman–Crippen LogP) is 2.80. The van der Waals surface area contributed by atoms with Crippen LogP contribution in [0.5, 0.6) is 0 Å². The van der Waals surface area contributed by atoms with Gasteiger partial charge in [-0.1, -0.05) is 6.92 Å². The van der Waals surface area contributed by atoms with Gasteiger partial charge in [-0.15, -0.1) is 0 Å². The van der Waals surface area contributed by atoms with Gasteiger partial charge in [0.15, 0.2) is 5.82 Å². The number of nitrogens with one attached hydrogen (secondary N) is 1. The highest BCUT2D eigenvalue weighted by Gasteiger charge is 2.40. The smallest absolute Gasteiger partial charge is 0.330 e. The number of hydrogen-bond donors (Lipinski definition) is 1. The first kappa shape index (κ1) is 19.8. The van der Waals surface area contributed by atoms with Crippen LogP contribution < -0.4 is 24.9 Å². The molecule has 164 valence electrons. The summed E-state index contributed by atoms with van der Waals surface area (Å²) >= 11 is 0. The van der Waals surface area contributed by atoms with Gasteiger partial charge in [0.1, 0.15) is 11.6 Å². The van der Waals surface area contributed by atoms with Crippen LogP contribution >= 0.6 is 0 Å². The number of hydrogen-bond acceptors (Lipinski definition) is 7. The summed E-state index contributed by atoms with van der Waals surface area (Å²) in [6.07, 6.45) is 5.03. The van der Waals surface area contributed by atoms with Crippen molar-refractivity contribution in [3.8, 4) is 0 Å². The Balaban J connectivity index is 1.45. The summed E-state index contributed by atoms with van der Waals surface area (Å²) in [5, 5.41) is 2.90. The molecule has 3 aliphatic heterocycles. The lowest BCUT2D eigenvalue weighted by Crippen LogP contribution is -2.48. The molecular formula is C22H30N8O. The molecule has 2 bridgehead atoms. The number of carbonyl (C=O) groups is 1. The maximum atomic E-state index is 13.4. The van der Waals surface area contributed by atoms with Crippen molar-refractivity contribution >= 4 is 35.1 Å². The number of nitrogens with zero attached hydrogens (tertiary/aromatic N) is 7. The minimum atomic E-state index is -0.222. The molecule has 2 amide bonds. The highest BCUT2D eigenvalue weighted by molar-refractivity contribution is 6.04. The van der Waals surface area contributed by atoms with Crippen LogP contribution in [0.4, 0.5) is 33.9 Å². The zero-order chi connectivity index (χ0) is 21.5. The van der Waals surface area contributed by atoms with Gasteiger partial charge in [-0.2, -0.15) is 4.98 Å². The standard InChI is InChI=1S/C22H30N8O/c1-15-5-4-11-29(13-15)19-7-6-17-20(24-19)30(16-9-12-28(17)14-16)22(31)26-21-23-10-8-18(25-21)27(2)3/h6-8,10,15-16H,4-5,9,11-14H2,1-3H3,(H,23,25,26,31)/t15?,16-/m0/s1. The minimum absolute atomic E-state index is 0.104. The van der Waals surface area contributed by atoms with E-state index in [0.717, 1.165) is 55.7 Å². The Hall–Kier alpha value is -3.10. The Morgan fingerprint density at radius 1 is 1.10 bits per heavy atom. The topological polar surface area (TPSA) is 80.7 Å². The maximum Gasteiger partial charge on any atom is 0.330 e. The van der Waals surface area contributed by atoms with Crippen molar-refractivity contribution in [1.29, 1.82) is 0 Å². The molecule has 2 saturated heterocycles. The van der Waals surface area contributed by atoms with E-state index in [1.54, 1.807) is 6.20 Å². The van der Waals surface area contributed by atoms with Gasteiger partial charge in [-0.05, 0) is 43.4 Å². The maximum absolute atomic E-state index is 13.4. The van der Waals surface area contributed by atoms with Gasteiger partial charge >= 0.3 is 6.03 Å². The van der Waals surface area contributed by atoms with Crippen molar-refractivity contribution in [3.63, 3.8) is 0 Å². The second-order valence-corrected chi connectivity index (χ2v) is 9.03. The molecule has 1 unspecified atom stereocenters. The molecule has 0 radical (unpaired) electrons. The van der Waals surface area contributed by atoms with Crippen LogP contribution in [-0.4, -0.2) is 67.3 Å². The van der Waals surface area contributed by atoms with Crippen molar-refractivity contribution < 1.29 is 4.79 Å². The van der Waals surface area contributed by atoms with Crippen LogP contribution in [-0.2, 0) is 0 Å². The number of amides is 2. The first-order chi connectivity index (χ1) is 15.0. The monoisotopic (exact) mass is 422 g/mol. The van der Waals surface area contributed by atoms with Gasteiger partial charge in [0, 0.05) is 46.5 Å². The van der Waals surface area contributed by atoms with Crippen molar-refractivity contribution in [2.24, 2.45) is 5.92 Å². The highest BCUT2D eigenvalue weighted by atomic mass is 16.2. The summed E-state index contributed by atoms with van der Waals surface area (Å²) in [6.45, 7) is 6.09. The van der Waals surface area contributed by atoms with Gasteiger partial charge in [-0.3, -0.25) is 10.2 Å². The number of urea groups is 1. The van der Waals surface area contributed by atoms with Crippen LogP contribution in [0.2, 0.25) is 0 Å². The molecule has 5 rings (SSSR count). The molecule has 3 aliphatic rings. The van der Waals surface area contributed by atoms with Gasteiger partial charge < -0.3 is 14.7 Å². The minimum Gasteiger partial charge on any atom is -0.366 e. The third-order valence-corrected chi connectivity index (χ3v) is 6.45. The van der Waals surface area contributed by atoms with Crippen molar-refractivity contribution in [2.75, 3.05) is 65.2 Å². The molecule has 31 heavy (non-hydrogen) atoms. The quantitative estimate of drug-likeness (QED) is 0.815. The van der Waals surface area contributed by atoms with Gasteiger partial charge in [0.05, 0.1) is 11.7 Å². The molecule has 9 heteroatoms. The van der Waals surface area contributed by atoms with Crippen molar-refractivity contribution in [1.82, 2.24) is 15.0 Å². The summed E-state index contributed by atoms with van der Waals surface area (Å²) < 4.78 is 0. The summed E-state index contributed by atoms with van der Waals surface area (Å²) in [5.74, 6) is 3.41. The van der Waals surface area contributed by atoms with E-state index in [9.17, 15) is 4.79 Å². The van der Waals surface area contributed by atoms with Crippen LogP contribution in [0.3, 0.4) is 0 Å². The summed E-state index contributed by atoms with van der Waals surface area (Å²) in [7, 11) is 3.82. The third-order valence-electron chi connectivity index (χ3n) is 6.45. The van der Waals surface area contributed by atoms with Crippen molar-refractivity contribution in [3.05, 3.63) is 24.4 Å². The average molecular weight is 423 g/mol. The van der Waals surface area contributed by atoms with Crippen LogP contribution in [0.15, 0.2) is 24.4 Å². The third kappa shape index (κ3) is 3.73. The first-order valence-electron chi connectivity index (χ1n) is 11.1. The fraction of sp³-hybridized carbons (Fsp3) is 0.545. The van der Waals surface area contributed by atoms with E-state index in [0.29, 0.717) is 11.9 Å². The molecule has 1 N–H and O–H groups in total. The Kier molecular flexibility index (Phi) is 5.03. The lowest BCUT2D eigenvalue weighted by molar-refractivity contribution is 0.254. The molecule has 0 spiro atoms. The van der Waals surface area contributed by atoms with E-state index in [-0.39, 0.29) is 12.1 Å². The SMILES string of the molecule is CC1CCCN(c2ccc3c(n2)N(C(=O)Nc2nccc(N(C)C)n2)[C@H]2CCN3C2)C1. The van der Waals surface area contributed by atoms with Gasteiger partial charge in [-0.25, -0.2) is 14.8 Å². The molecule has 2 fully saturated rings. The second kappa shape index (κ2) is 7.86. The van der Waals surface area contributed by atoms with E-state index < -0.39 is 0 Å². The lowest BCUT2D eigenvalue weighted by atomic mass is 10.0. The Morgan fingerprint density at radius 3 is 2.77 bits per heavy atom. The van der Waals surface area contributed by atoms with Gasteiger partial charge in [0.25, 0.3) is 0 Å². The molecule has 0 aliphatic carbocycles. The molecular weight excluding hydrogens is 392 g/mol. The molecule has 9 nitrogen and oxygen atoms in total. The number of rotatable bonds is 3. The number of anilines is 5. The fourth-order valence-electron chi connectivity index (χ4n) is 4.85. The number of pyridine rings is 1. The number of piperidine rings is 1. The number of aromatic nitrogens is 3. The van der Waals surface area contributed by atoms with E-state index in [2.05, 4.69) is 44.1 Å². The zero-order valence-electron chi connectivity index (χ0n) is 18.5. The van der Waals surface area contributed by atoms with Crippen molar-refractivity contribution in [2.45, 2.75) is 32.2 Å². The largest absolute Gasteiger partial charge is 0.366 e. The molecule has 2 atom stereocenters. The second-order valence-electron chi connectivity index (χ2n) is 9.03. The predicted molar refractivity (Wildman–Crippen MR) is 123 cm³/mol. The van der Waals surface area contributed by atoms with E-state index in [4.69, 9.17) is 4.98 Å². The Labute approximate surface area is 183 Å². The molecule has 2 aromatic rings. The number of fused-ring (bicyclic) bond motifs is 4.